The van der Waals surface area contributed by atoms with Crippen LogP contribution in [-0.2, 0) is 25.7 Å². The number of amides is 3. The van der Waals surface area contributed by atoms with Gasteiger partial charge in [-0.2, -0.15) is 0 Å². The summed E-state index contributed by atoms with van der Waals surface area (Å²) in [5.74, 6) is -2.30. The van der Waals surface area contributed by atoms with Gasteiger partial charge in [0.2, 0.25) is 17.7 Å². The number of fused-ring (bicyclic) bond motifs is 1. The number of carbonyl (C=O) groups is 3. The first kappa shape index (κ1) is 31.4. The lowest BCUT2D eigenvalue weighted by molar-refractivity contribution is -0.153. The largest absolute Gasteiger partial charge is 0.394 e. The summed E-state index contributed by atoms with van der Waals surface area (Å²) < 4.78 is 6.72. The fourth-order valence-electron chi connectivity index (χ4n) is 7.09. The monoisotopic (exact) mass is 629 g/mol. The zero-order valence-corrected chi connectivity index (χ0v) is 26.0. The highest BCUT2D eigenvalue weighted by Crippen LogP contribution is 2.61. The molecule has 3 aliphatic rings. The van der Waals surface area contributed by atoms with E-state index in [1.54, 1.807) is 26.9 Å². The van der Waals surface area contributed by atoms with Gasteiger partial charge in [-0.1, -0.05) is 85.6 Å². The quantitative estimate of drug-likeness (QED) is 0.250. The van der Waals surface area contributed by atoms with Gasteiger partial charge in [0.15, 0.2) is 0 Å². The molecule has 1 aromatic rings. The van der Waals surface area contributed by atoms with E-state index in [2.05, 4.69) is 29.1 Å². The lowest BCUT2D eigenvalue weighted by atomic mass is 9.70. The third-order valence-electron chi connectivity index (χ3n) is 9.12. The van der Waals surface area contributed by atoms with Crippen molar-refractivity contribution in [3.05, 3.63) is 61.2 Å². The number of nitrogens with zero attached hydrogens (tertiary/aromatic N) is 3. The predicted octanol–water partition coefficient (Wildman–Crippen LogP) is 3.78. The van der Waals surface area contributed by atoms with Crippen molar-refractivity contribution in [3.63, 3.8) is 0 Å². The number of hydrogen-bond donors (Lipinski definition) is 1. The zero-order valence-electron chi connectivity index (χ0n) is 24.5. The lowest BCUT2D eigenvalue weighted by Crippen LogP contribution is -2.59. The fraction of sp³-hybridized carbons (Fsp3) is 0.594. The van der Waals surface area contributed by atoms with Crippen molar-refractivity contribution < 1.29 is 24.2 Å². The third kappa shape index (κ3) is 5.53. The average molecular weight is 631 g/mol. The smallest absolute Gasteiger partial charge is 0.249 e. The predicted molar refractivity (Wildman–Crippen MR) is 162 cm³/mol. The van der Waals surface area contributed by atoms with E-state index < -0.39 is 35.6 Å². The van der Waals surface area contributed by atoms with Crippen molar-refractivity contribution in [3.8, 4) is 0 Å². The van der Waals surface area contributed by atoms with E-state index in [4.69, 9.17) is 4.74 Å². The van der Waals surface area contributed by atoms with Crippen LogP contribution in [0.4, 0.5) is 0 Å². The highest BCUT2D eigenvalue weighted by molar-refractivity contribution is 9.09. The average Bonchev–Trinajstić information content (AvgIpc) is 3.56. The van der Waals surface area contributed by atoms with Crippen molar-refractivity contribution >= 4 is 33.7 Å². The molecule has 3 aliphatic heterocycles. The summed E-state index contributed by atoms with van der Waals surface area (Å²) in [7, 11) is 0. The van der Waals surface area contributed by atoms with Gasteiger partial charge in [0.25, 0.3) is 0 Å². The summed E-state index contributed by atoms with van der Waals surface area (Å²) in [6.45, 7) is 14.9. The van der Waals surface area contributed by atoms with E-state index in [0.717, 1.165) is 12.0 Å². The molecule has 0 aliphatic carbocycles. The normalized spacial score (nSPS) is 29.6. The van der Waals surface area contributed by atoms with Crippen LogP contribution in [0.25, 0.3) is 0 Å². The molecule has 3 unspecified atom stereocenters. The molecule has 2 bridgehead atoms. The van der Waals surface area contributed by atoms with Gasteiger partial charge in [0.05, 0.1) is 30.6 Å². The molecule has 3 amide bonds. The topological polar surface area (TPSA) is 90.4 Å². The molecule has 3 fully saturated rings. The number of benzene rings is 1. The maximum atomic E-state index is 14.7. The SMILES string of the molecule is C=CCN(Cc1ccccc1)C(=O)C1N([C@@H](CO)[C@@H](C)CC)C(=O)[C@@H]2[C@@H](C(=O)N(CC=C)CCC)[C@@H]3OC12CC3Br. The highest BCUT2D eigenvalue weighted by atomic mass is 79.9. The third-order valence-corrected chi connectivity index (χ3v) is 9.97. The van der Waals surface area contributed by atoms with E-state index in [-0.39, 0.29) is 41.6 Å². The molecule has 8 atom stereocenters. The van der Waals surface area contributed by atoms with E-state index in [0.29, 0.717) is 32.5 Å². The van der Waals surface area contributed by atoms with Crippen molar-refractivity contribution in [1.29, 1.82) is 0 Å². The summed E-state index contributed by atoms with van der Waals surface area (Å²) >= 11 is 3.76. The summed E-state index contributed by atoms with van der Waals surface area (Å²) in [5.41, 5.74) is -0.230. The first-order chi connectivity index (χ1) is 19.7. The number of halogens is 1. The molecule has 1 N–H and O–H groups in total. The molecule has 1 aromatic carbocycles. The molecular weight excluding hydrogens is 586 g/mol. The van der Waals surface area contributed by atoms with Gasteiger partial charge in [0, 0.05) is 31.0 Å². The van der Waals surface area contributed by atoms with Crippen LogP contribution >= 0.6 is 15.9 Å². The van der Waals surface area contributed by atoms with E-state index >= 15 is 0 Å². The molecule has 224 valence electrons. The van der Waals surface area contributed by atoms with E-state index in [1.165, 1.54) is 0 Å². The second-order valence-corrected chi connectivity index (χ2v) is 12.8. The van der Waals surface area contributed by atoms with Crippen LogP contribution in [0, 0.1) is 17.8 Å². The van der Waals surface area contributed by atoms with Crippen molar-refractivity contribution in [2.24, 2.45) is 17.8 Å². The Kier molecular flexibility index (Phi) is 10.1. The van der Waals surface area contributed by atoms with Gasteiger partial charge in [-0.15, -0.1) is 13.2 Å². The summed E-state index contributed by atoms with van der Waals surface area (Å²) in [5, 5.41) is 10.6. The number of aliphatic hydroxyl groups is 1. The summed E-state index contributed by atoms with van der Waals surface area (Å²) in [6.07, 6.45) is 4.75. The Bertz CT molecular complexity index is 1130. The number of rotatable bonds is 14. The first-order valence-electron chi connectivity index (χ1n) is 14.8. The number of carbonyl (C=O) groups excluding carboxylic acids is 3. The van der Waals surface area contributed by atoms with Crippen LogP contribution in [0.3, 0.4) is 0 Å². The van der Waals surface area contributed by atoms with Gasteiger partial charge in [-0.3, -0.25) is 14.4 Å². The Morgan fingerprint density at radius 2 is 1.83 bits per heavy atom. The maximum Gasteiger partial charge on any atom is 0.249 e. The molecule has 0 radical (unpaired) electrons. The number of alkyl halides is 1. The van der Waals surface area contributed by atoms with Crippen LogP contribution in [0.15, 0.2) is 55.6 Å². The van der Waals surface area contributed by atoms with E-state index in [9.17, 15) is 19.5 Å². The van der Waals surface area contributed by atoms with Crippen molar-refractivity contribution in [1.82, 2.24) is 14.7 Å². The molecule has 41 heavy (non-hydrogen) atoms. The molecule has 4 rings (SSSR count). The number of likely N-dealkylation sites (tertiary alicyclic amines) is 1. The molecule has 0 saturated carbocycles. The Morgan fingerprint density at radius 3 is 2.41 bits per heavy atom. The highest BCUT2D eigenvalue weighted by Gasteiger charge is 2.77. The van der Waals surface area contributed by atoms with Crippen molar-refractivity contribution in [2.75, 3.05) is 26.2 Å². The molecule has 1 spiro atoms. The Hall–Kier alpha value is -2.49. The molecule has 0 aromatic heterocycles. The van der Waals surface area contributed by atoms with E-state index in [1.807, 2.05) is 51.1 Å². The minimum Gasteiger partial charge on any atom is -0.394 e. The summed E-state index contributed by atoms with van der Waals surface area (Å²) in [4.78, 5) is 48.1. The van der Waals surface area contributed by atoms with Crippen LogP contribution in [0.5, 0.6) is 0 Å². The zero-order chi connectivity index (χ0) is 29.9. The number of hydrogen-bond acceptors (Lipinski definition) is 5. The molecule has 8 nitrogen and oxygen atoms in total. The first-order valence-corrected chi connectivity index (χ1v) is 15.7. The van der Waals surface area contributed by atoms with Gasteiger partial charge in [0.1, 0.15) is 11.6 Å². The summed E-state index contributed by atoms with van der Waals surface area (Å²) in [6, 6.07) is 8.13. The van der Waals surface area contributed by atoms with Gasteiger partial charge in [-0.25, -0.2) is 0 Å². The van der Waals surface area contributed by atoms with Gasteiger partial charge >= 0.3 is 0 Å². The maximum absolute atomic E-state index is 14.7. The molecular formula is C32H44BrN3O5. The standard InChI is InChI=1S/C32H44BrN3O5/c1-6-15-34(16-7-2)29(38)25-26-30(39)36(24(20-37)21(5)9-4)28(32(26)18-23(33)27(25)41-32)31(40)35(17-8-3)19-22-13-11-10-12-14-22/h6,8,10-14,21,23-28,37H,1,3,7,9,15-20H2,2,4-5H3/t21-,23?,24-,25+,26-,27+,28?,32?/m0/s1. The Balaban J connectivity index is 1.82. The number of ether oxygens (including phenoxy) is 1. The molecule has 3 saturated heterocycles. The molecule has 3 heterocycles. The minimum absolute atomic E-state index is 0.0695. The lowest BCUT2D eigenvalue weighted by Gasteiger charge is -2.41. The van der Waals surface area contributed by atoms with Crippen LogP contribution in [0.2, 0.25) is 0 Å². The Morgan fingerprint density at radius 1 is 1.17 bits per heavy atom. The second-order valence-electron chi connectivity index (χ2n) is 11.6. The minimum atomic E-state index is -1.18. The van der Waals surface area contributed by atoms with Crippen LogP contribution in [-0.4, -0.2) is 92.4 Å². The van der Waals surface area contributed by atoms with Crippen LogP contribution < -0.4 is 0 Å². The van der Waals surface area contributed by atoms with Crippen molar-refractivity contribution in [2.45, 2.75) is 75.2 Å². The fourth-order valence-corrected chi connectivity index (χ4v) is 8.04. The van der Waals surface area contributed by atoms with Gasteiger partial charge < -0.3 is 24.5 Å². The Labute approximate surface area is 252 Å². The number of aliphatic hydroxyl groups excluding tert-OH is 1. The molecule has 9 heteroatoms. The van der Waals surface area contributed by atoms with Gasteiger partial charge in [-0.05, 0) is 24.3 Å². The van der Waals surface area contributed by atoms with Crippen LogP contribution in [0.1, 0.15) is 45.6 Å². The second kappa shape index (κ2) is 13.2.